The van der Waals surface area contributed by atoms with Gasteiger partial charge in [-0.1, -0.05) is 11.6 Å². The first-order chi connectivity index (χ1) is 8.50. The van der Waals surface area contributed by atoms with Crippen molar-refractivity contribution in [3.8, 4) is 0 Å². The number of nitrogens with zero attached hydrogens (tertiary/aromatic N) is 1. The number of amides is 2. The summed E-state index contributed by atoms with van der Waals surface area (Å²) in [6.07, 6.45) is 0. The fraction of sp³-hybridized carbons (Fsp3) is 0.333. The van der Waals surface area contributed by atoms with E-state index in [9.17, 15) is 9.59 Å². The van der Waals surface area contributed by atoms with Crippen molar-refractivity contribution in [2.75, 3.05) is 18.8 Å². The van der Waals surface area contributed by atoms with Crippen LogP contribution in [0, 0.1) is 0 Å². The zero-order valence-electron chi connectivity index (χ0n) is 9.94. The maximum Gasteiger partial charge on any atom is 0.256 e. The van der Waals surface area contributed by atoms with E-state index in [1.165, 1.54) is 11.0 Å². The summed E-state index contributed by atoms with van der Waals surface area (Å²) in [5.41, 5.74) is 6.45. The quantitative estimate of drug-likeness (QED) is 0.742. The van der Waals surface area contributed by atoms with Gasteiger partial charge in [0.2, 0.25) is 5.91 Å². The molecule has 0 spiro atoms. The van der Waals surface area contributed by atoms with Crippen LogP contribution in [0.25, 0.3) is 0 Å². The summed E-state index contributed by atoms with van der Waals surface area (Å²) in [5, 5.41) is 3.01. The summed E-state index contributed by atoms with van der Waals surface area (Å²) in [5.74, 6) is -0.400. The molecule has 1 heterocycles. The standard InChI is InChI=1S/C12H14ClN3O2/c1-7-11(17)15-4-5-16(7)12(18)9-3-2-8(14)6-10(9)13/h2-3,6-7H,4-5,14H2,1H3,(H,15,17). The lowest BCUT2D eigenvalue weighted by atomic mass is 10.1. The molecule has 0 radical (unpaired) electrons. The second-order valence-electron chi connectivity index (χ2n) is 4.20. The van der Waals surface area contributed by atoms with Gasteiger partial charge in [0.25, 0.3) is 5.91 Å². The average Bonchev–Trinajstić information content (AvgIpc) is 2.32. The summed E-state index contributed by atoms with van der Waals surface area (Å²) in [7, 11) is 0. The van der Waals surface area contributed by atoms with E-state index in [0.29, 0.717) is 29.4 Å². The number of rotatable bonds is 1. The van der Waals surface area contributed by atoms with E-state index >= 15 is 0 Å². The lowest BCUT2D eigenvalue weighted by Crippen LogP contribution is -2.55. The highest BCUT2D eigenvalue weighted by Crippen LogP contribution is 2.22. The van der Waals surface area contributed by atoms with Crippen LogP contribution in [0.4, 0.5) is 5.69 Å². The van der Waals surface area contributed by atoms with Gasteiger partial charge in [0, 0.05) is 18.8 Å². The van der Waals surface area contributed by atoms with Crippen LogP contribution < -0.4 is 11.1 Å². The highest BCUT2D eigenvalue weighted by molar-refractivity contribution is 6.34. The minimum atomic E-state index is -0.486. The lowest BCUT2D eigenvalue weighted by Gasteiger charge is -2.33. The Labute approximate surface area is 110 Å². The summed E-state index contributed by atoms with van der Waals surface area (Å²) in [6, 6.07) is 4.25. The number of halogens is 1. The molecule has 5 nitrogen and oxygen atoms in total. The van der Waals surface area contributed by atoms with Gasteiger partial charge >= 0.3 is 0 Å². The maximum absolute atomic E-state index is 12.3. The van der Waals surface area contributed by atoms with E-state index in [-0.39, 0.29) is 11.8 Å². The van der Waals surface area contributed by atoms with Crippen LogP contribution in [-0.2, 0) is 4.79 Å². The second kappa shape index (κ2) is 4.86. The van der Waals surface area contributed by atoms with Crippen LogP contribution in [0.1, 0.15) is 17.3 Å². The third-order valence-corrected chi connectivity index (χ3v) is 3.30. The number of benzene rings is 1. The average molecular weight is 268 g/mol. The third-order valence-electron chi connectivity index (χ3n) is 2.98. The predicted octanol–water partition coefficient (Wildman–Crippen LogP) is 0.883. The fourth-order valence-corrected chi connectivity index (χ4v) is 2.19. The van der Waals surface area contributed by atoms with Crippen LogP contribution in [0.15, 0.2) is 18.2 Å². The fourth-order valence-electron chi connectivity index (χ4n) is 1.92. The smallest absolute Gasteiger partial charge is 0.256 e. The SMILES string of the molecule is CC1C(=O)NCCN1C(=O)c1ccc(N)cc1Cl. The Kier molecular flexibility index (Phi) is 3.43. The van der Waals surface area contributed by atoms with Gasteiger partial charge < -0.3 is 16.0 Å². The number of nitrogen functional groups attached to an aromatic ring is 1. The van der Waals surface area contributed by atoms with Gasteiger partial charge in [-0.15, -0.1) is 0 Å². The number of hydrogen-bond acceptors (Lipinski definition) is 3. The van der Waals surface area contributed by atoms with Crippen molar-refractivity contribution in [3.63, 3.8) is 0 Å². The molecule has 1 aromatic carbocycles. The van der Waals surface area contributed by atoms with E-state index in [1.54, 1.807) is 19.1 Å². The molecule has 96 valence electrons. The number of carbonyl (C=O) groups excluding carboxylic acids is 2. The molecule has 3 N–H and O–H groups in total. The number of carbonyl (C=O) groups is 2. The molecule has 0 saturated carbocycles. The molecular weight excluding hydrogens is 254 g/mol. The zero-order valence-corrected chi connectivity index (χ0v) is 10.7. The molecule has 6 heteroatoms. The van der Waals surface area contributed by atoms with Crippen molar-refractivity contribution in [2.24, 2.45) is 0 Å². The zero-order chi connectivity index (χ0) is 13.3. The maximum atomic E-state index is 12.3. The highest BCUT2D eigenvalue weighted by Gasteiger charge is 2.30. The highest BCUT2D eigenvalue weighted by atomic mass is 35.5. The Balaban J connectivity index is 2.28. The molecule has 1 fully saturated rings. The summed E-state index contributed by atoms with van der Waals surface area (Å²) in [6.45, 7) is 2.63. The summed E-state index contributed by atoms with van der Waals surface area (Å²) < 4.78 is 0. The van der Waals surface area contributed by atoms with Crippen LogP contribution >= 0.6 is 11.6 Å². The number of piperazine rings is 1. The van der Waals surface area contributed by atoms with Crippen LogP contribution in [0.2, 0.25) is 5.02 Å². The Bertz CT molecular complexity index is 504. The van der Waals surface area contributed by atoms with Gasteiger partial charge in [0.05, 0.1) is 10.6 Å². The molecule has 1 aliphatic heterocycles. The molecule has 18 heavy (non-hydrogen) atoms. The molecule has 0 bridgehead atoms. The van der Waals surface area contributed by atoms with Gasteiger partial charge in [0.1, 0.15) is 6.04 Å². The normalized spacial score (nSPS) is 19.6. The molecule has 1 aromatic rings. The van der Waals surface area contributed by atoms with E-state index < -0.39 is 6.04 Å². The first-order valence-corrected chi connectivity index (χ1v) is 6.02. The van der Waals surface area contributed by atoms with Crippen LogP contribution in [0.5, 0.6) is 0 Å². The number of hydrogen-bond donors (Lipinski definition) is 2. The predicted molar refractivity (Wildman–Crippen MR) is 69.4 cm³/mol. The minimum Gasteiger partial charge on any atom is -0.399 e. The van der Waals surface area contributed by atoms with Crippen LogP contribution in [0.3, 0.4) is 0 Å². The van der Waals surface area contributed by atoms with Crippen molar-refractivity contribution in [1.82, 2.24) is 10.2 Å². The van der Waals surface area contributed by atoms with Crippen molar-refractivity contribution in [3.05, 3.63) is 28.8 Å². The van der Waals surface area contributed by atoms with E-state index in [1.807, 2.05) is 0 Å². The first-order valence-electron chi connectivity index (χ1n) is 5.64. The first kappa shape index (κ1) is 12.7. The molecule has 2 amide bonds. The molecular formula is C12H14ClN3O2. The monoisotopic (exact) mass is 267 g/mol. The minimum absolute atomic E-state index is 0.152. The summed E-state index contributed by atoms with van der Waals surface area (Å²) in [4.78, 5) is 25.3. The molecule has 1 atom stereocenters. The molecule has 1 aliphatic rings. The van der Waals surface area contributed by atoms with Crippen molar-refractivity contribution >= 4 is 29.1 Å². The third kappa shape index (κ3) is 2.26. The second-order valence-corrected chi connectivity index (χ2v) is 4.61. The van der Waals surface area contributed by atoms with Gasteiger partial charge in [-0.05, 0) is 25.1 Å². The Hall–Kier alpha value is -1.75. The number of nitrogens with two attached hydrogens (primary N) is 1. The van der Waals surface area contributed by atoms with Gasteiger partial charge in [-0.2, -0.15) is 0 Å². The largest absolute Gasteiger partial charge is 0.399 e. The van der Waals surface area contributed by atoms with E-state index in [2.05, 4.69) is 5.32 Å². The number of nitrogens with one attached hydrogen (secondary N) is 1. The Morgan fingerprint density at radius 1 is 1.56 bits per heavy atom. The lowest BCUT2D eigenvalue weighted by molar-refractivity contribution is -0.127. The Morgan fingerprint density at radius 3 is 2.94 bits per heavy atom. The topological polar surface area (TPSA) is 75.4 Å². The Morgan fingerprint density at radius 2 is 2.28 bits per heavy atom. The van der Waals surface area contributed by atoms with E-state index in [4.69, 9.17) is 17.3 Å². The molecule has 0 aromatic heterocycles. The van der Waals surface area contributed by atoms with Crippen molar-refractivity contribution in [1.29, 1.82) is 0 Å². The summed E-state index contributed by atoms with van der Waals surface area (Å²) >= 11 is 6.00. The van der Waals surface area contributed by atoms with Gasteiger partial charge in [-0.25, -0.2) is 0 Å². The van der Waals surface area contributed by atoms with Crippen LogP contribution in [-0.4, -0.2) is 35.8 Å². The van der Waals surface area contributed by atoms with Gasteiger partial charge in [-0.3, -0.25) is 9.59 Å². The molecule has 1 saturated heterocycles. The van der Waals surface area contributed by atoms with Crippen molar-refractivity contribution in [2.45, 2.75) is 13.0 Å². The van der Waals surface area contributed by atoms with Gasteiger partial charge in [0.15, 0.2) is 0 Å². The van der Waals surface area contributed by atoms with Crippen molar-refractivity contribution < 1.29 is 9.59 Å². The molecule has 0 aliphatic carbocycles. The number of anilines is 1. The van der Waals surface area contributed by atoms with E-state index in [0.717, 1.165) is 0 Å². The molecule has 2 rings (SSSR count). The molecule has 1 unspecified atom stereocenters.